The predicted octanol–water partition coefficient (Wildman–Crippen LogP) is 5.29. The van der Waals surface area contributed by atoms with Gasteiger partial charge in [-0.25, -0.2) is 8.42 Å². The predicted molar refractivity (Wildman–Crippen MR) is 114 cm³/mol. The van der Waals surface area contributed by atoms with Crippen molar-refractivity contribution in [3.8, 4) is 11.1 Å². The normalized spacial score (nSPS) is 14.3. The molecule has 4 rings (SSSR count). The van der Waals surface area contributed by atoms with Crippen molar-refractivity contribution in [2.75, 3.05) is 0 Å². The Kier molecular flexibility index (Phi) is 4.64. The van der Waals surface area contributed by atoms with Crippen LogP contribution in [0, 0.1) is 27.7 Å². The molecule has 3 aromatic rings. The Morgan fingerprint density at radius 2 is 1.29 bits per heavy atom. The second kappa shape index (κ2) is 6.87. The van der Waals surface area contributed by atoms with Crippen molar-refractivity contribution in [1.29, 1.82) is 0 Å². The van der Waals surface area contributed by atoms with E-state index in [0.717, 1.165) is 22.3 Å². The summed E-state index contributed by atoms with van der Waals surface area (Å²) in [5, 5.41) is 0. The van der Waals surface area contributed by atoms with Gasteiger partial charge in [0.25, 0.3) is 0 Å². The molecule has 0 aliphatic carbocycles. The number of sulfonamides is 1. The number of benzene rings is 3. The molecule has 0 N–H and O–H groups in total. The Bertz CT molecular complexity index is 1140. The lowest BCUT2D eigenvalue weighted by Gasteiger charge is -2.16. The number of rotatable bonds is 3. The highest BCUT2D eigenvalue weighted by Gasteiger charge is 2.33. The van der Waals surface area contributed by atoms with Gasteiger partial charge < -0.3 is 0 Å². The van der Waals surface area contributed by atoms with Crippen LogP contribution in [0.25, 0.3) is 11.1 Å². The first-order chi connectivity index (χ1) is 13.3. The number of aryl methyl sites for hydroxylation is 3. The molecule has 3 aromatic carbocycles. The van der Waals surface area contributed by atoms with Gasteiger partial charge in [0, 0.05) is 13.1 Å². The molecule has 0 saturated heterocycles. The molecule has 0 amide bonds. The van der Waals surface area contributed by atoms with Crippen LogP contribution in [0.15, 0.2) is 59.5 Å². The zero-order chi connectivity index (χ0) is 20.1. The van der Waals surface area contributed by atoms with Gasteiger partial charge in [-0.1, -0.05) is 53.6 Å². The van der Waals surface area contributed by atoms with Crippen molar-refractivity contribution in [3.05, 3.63) is 88.0 Å². The summed E-state index contributed by atoms with van der Waals surface area (Å²) in [6.07, 6.45) is 0. The highest BCUT2D eigenvalue weighted by atomic mass is 32.2. The number of hydrogen-bond acceptors (Lipinski definition) is 2. The molecule has 1 aliphatic heterocycles. The lowest BCUT2D eigenvalue weighted by atomic mass is 9.91. The molecule has 3 nitrogen and oxygen atoms in total. The average molecular weight is 392 g/mol. The van der Waals surface area contributed by atoms with Gasteiger partial charge in [-0.05, 0) is 73.2 Å². The number of fused-ring (bicyclic) bond motifs is 1. The van der Waals surface area contributed by atoms with Crippen molar-refractivity contribution in [2.45, 2.75) is 45.7 Å². The van der Waals surface area contributed by atoms with Crippen molar-refractivity contribution < 1.29 is 8.42 Å². The molecule has 28 heavy (non-hydrogen) atoms. The summed E-state index contributed by atoms with van der Waals surface area (Å²) in [6.45, 7) is 9.09. The molecule has 0 saturated carbocycles. The van der Waals surface area contributed by atoms with Crippen molar-refractivity contribution in [3.63, 3.8) is 0 Å². The molecule has 0 atom stereocenters. The highest BCUT2D eigenvalue weighted by molar-refractivity contribution is 7.89. The maximum absolute atomic E-state index is 13.2. The van der Waals surface area contributed by atoms with Crippen LogP contribution in [0.1, 0.15) is 33.4 Å². The van der Waals surface area contributed by atoms with E-state index in [1.165, 1.54) is 22.3 Å². The van der Waals surface area contributed by atoms with E-state index in [-0.39, 0.29) is 0 Å². The lowest BCUT2D eigenvalue weighted by molar-refractivity contribution is 0.431. The fourth-order valence-electron chi connectivity index (χ4n) is 3.94. The molecule has 1 heterocycles. The summed E-state index contributed by atoms with van der Waals surface area (Å²) in [6, 6.07) is 17.8. The number of nitrogens with zero attached hydrogens (tertiary/aromatic N) is 1. The highest BCUT2D eigenvalue weighted by Crippen LogP contribution is 2.37. The topological polar surface area (TPSA) is 37.4 Å². The van der Waals surface area contributed by atoms with E-state index in [1.807, 2.05) is 19.1 Å². The molecule has 0 radical (unpaired) electrons. The first-order valence-corrected chi connectivity index (χ1v) is 11.0. The van der Waals surface area contributed by atoms with Crippen molar-refractivity contribution in [1.82, 2.24) is 4.31 Å². The third kappa shape index (κ3) is 3.17. The largest absolute Gasteiger partial charge is 0.243 e. The molecule has 0 aromatic heterocycles. The summed E-state index contributed by atoms with van der Waals surface area (Å²) in [4.78, 5) is 0.361. The average Bonchev–Trinajstić information content (AvgIpc) is 3.13. The molecule has 144 valence electrons. The van der Waals surface area contributed by atoms with E-state index in [9.17, 15) is 8.42 Å². The molecule has 4 heteroatoms. The smallest absolute Gasteiger partial charge is 0.207 e. The van der Waals surface area contributed by atoms with Crippen molar-refractivity contribution >= 4 is 10.0 Å². The fourth-order valence-corrected chi connectivity index (χ4v) is 5.32. The first-order valence-electron chi connectivity index (χ1n) is 9.53. The summed E-state index contributed by atoms with van der Waals surface area (Å²) < 4.78 is 27.9. The third-order valence-corrected chi connectivity index (χ3v) is 7.55. The van der Waals surface area contributed by atoms with E-state index in [0.29, 0.717) is 18.0 Å². The first kappa shape index (κ1) is 18.9. The van der Waals surface area contributed by atoms with Crippen LogP contribution in [0.2, 0.25) is 0 Å². The molecule has 0 fully saturated rings. The van der Waals surface area contributed by atoms with Crippen LogP contribution in [0.3, 0.4) is 0 Å². The number of hydrogen-bond donors (Lipinski definition) is 0. The monoisotopic (exact) mass is 391 g/mol. The summed E-state index contributed by atoms with van der Waals surface area (Å²) >= 11 is 0. The second-order valence-corrected chi connectivity index (χ2v) is 9.71. The molecule has 0 bridgehead atoms. The van der Waals surface area contributed by atoms with E-state index in [4.69, 9.17) is 0 Å². The zero-order valence-corrected chi connectivity index (χ0v) is 17.6. The second-order valence-electron chi connectivity index (χ2n) is 7.78. The van der Waals surface area contributed by atoms with Crippen LogP contribution >= 0.6 is 0 Å². The van der Waals surface area contributed by atoms with E-state index in [2.05, 4.69) is 51.1 Å². The van der Waals surface area contributed by atoms with Crippen LogP contribution in [-0.4, -0.2) is 12.7 Å². The quantitative estimate of drug-likeness (QED) is 0.608. The van der Waals surface area contributed by atoms with Crippen LogP contribution in [0.5, 0.6) is 0 Å². The van der Waals surface area contributed by atoms with Crippen LogP contribution in [0.4, 0.5) is 0 Å². The van der Waals surface area contributed by atoms with Gasteiger partial charge in [-0.3, -0.25) is 0 Å². The lowest BCUT2D eigenvalue weighted by Crippen LogP contribution is -2.25. The minimum atomic E-state index is -3.51. The summed E-state index contributed by atoms with van der Waals surface area (Å²) in [5.74, 6) is 0. The third-order valence-electron chi connectivity index (χ3n) is 5.75. The summed E-state index contributed by atoms with van der Waals surface area (Å²) in [5.41, 5.74) is 9.26. The molecular formula is C24H25NO2S. The van der Waals surface area contributed by atoms with Crippen molar-refractivity contribution in [2.24, 2.45) is 0 Å². The minimum absolute atomic E-state index is 0.361. The Morgan fingerprint density at radius 1 is 0.750 bits per heavy atom. The van der Waals surface area contributed by atoms with Crippen LogP contribution < -0.4 is 0 Å². The molecule has 1 aliphatic rings. The molecule has 0 unspecified atom stereocenters. The molecule has 0 spiro atoms. The van der Waals surface area contributed by atoms with Gasteiger partial charge in [-0.2, -0.15) is 4.31 Å². The minimum Gasteiger partial charge on any atom is -0.207 e. The van der Waals surface area contributed by atoms with E-state index in [1.54, 1.807) is 16.4 Å². The Labute approximate surface area is 167 Å². The van der Waals surface area contributed by atoms with Gasteiger partial charge in [0.15, 0.2) is 0 Å². The van der Waals surface area contributed by atoms with Gasteiger partial charge in [0.05, 0.1) is 4.90 Å². The zero-order valence-electron chi connectivity index (χ0n) is 16.8. The standard InChI is InChI=1S/C24H25NO2S/c1-16-5-9-20(10-6-16)22-13-18(3)23-14-25(15-24(23)19(22)4)28(26,27)21-11-7-17(2)8-12-21/h5-13H,14-15H2,1-4H3. The SMILES string of the molecule is Cc1ccc(-c2cc(C)c3c(c2C)CN(S(=O)(=O)c2ccc(C)cc2)C3)cc1. The fraction of sp³-hybridized carbons (Fsp3) is 0.250. The Hall–Kier alpha value is -2.43. The Morgan fingerprint density at radius 3 is 1.89 bits per heavy atom. The van der Waals surface area contributed by atoms with E-state index < -0.39 is 10.0 Å². The van der Waals surface area contributed by atoms with Crippen LogP contribution in [-0.2, 0) is 23.1 Å². The maximum Gasteiger partial charge on any atom is 0.243 e. The van der Waals surface area contributed by atoms with Gasteiger partial charge >= 0.3 is 0 Å². The van der Waals surface area contributed by atoms with E-state index >= 15 is 0 Å². The summed E-state index contributed by atoms with van der Waals surface area (Å²) in [7, 11) is -3.51. The van der Waals surface area contributed by atoms with Gasteiger partial charge in [0.2, 0.25) is 10.0 Å². The van der Waals surface area contributed by atoms with Gasteiger partial charge in [0.1, 0.15) is 0 Å². The maximum atomic E-state index is 13.2. The molecular weight excluding hydrogens is 366 g/mol. The van der Waals surface area contributed by atoms with Gasteiger partial charge in [-0.15, -0.1) is 0 Å². The Balaban J connectivity index is 1.74.